The molecule has 2 aromatic carbocycles. The minimum Gasteiger partial charge on any atom is -0.376 e. The van der Waals surface area contributed by atoms with Crippen LogP contribution in [0.15, 0.2) is 58.1 Å². The molecule has 25 heavy (non-hydrogen) atoms. The minimum atomic E-state index is -4.43. The summed E-state index contributed by atoms with van der Waals surface area (Å²) in [6, 6.07) is 12.0. The summed E-state index contributed by atoms with van der Waals surface area (Å²) in [5.41, 5.74) is 3.22. The number of hydrazone groups is 1. The number of amides is 1. The predicted octanol–water partition coefficient (Wildman–Crippen LogP) is 4.42. The fraction of sp³-hybridized carbons (Fsp3) is 0.176. The van der Waals surface area contributed by atoms with E-state index in [9.17, 15) is 18.0 Å². The van der Waals surface area contributed by atoms with Gasteiger partial charge in [-0.25, -0.2) is 5.43 Å². The molecule has 2 rings (SSSR count). The lowest BCUT2D eigenvalue weighted by Crippen LogP contribution is -2.26. The zero-order chi connectivity index (χ0) is 18.4. The summed E-state index contributed by atoms with van der Waals surface area (Å²) in [5.74, 6) is -0.469. The molecule has 0 radical (unpaired) electrons. The molecule has 1 amide bonds. The van der Waals surface area contributed by atoms with E-state index < -0.39 is 17.6 Å². The van der Waals surface area contributed by atoms with Gasteiger partial charge in [-0.2, -0.15) is 18.3 Å². The van der Waals surface area contributed by atoms with Crippen LogP contribution < -0.4 is 10.7 Å². The number of hydrogen-bond acceptors (Lipinski definition) is 3. The summed E-state index contributed by atoms with van der Waals surface area (Å²) in [5, 5.41) is 6.63. The maximum absolute atomic E-state index is 12.6. The molecule has 0 aliphatic rings. The second-order valence-electron chi connectivity index (χ2n) is 5.14. The van der Waals surface area contributed by atoms with Crippen LogP contribution in [0.25, 0.3) is 0 Å². The van der Waals surface area contributed by atoms with Crippen LogP contribution in [0.5, 0.6) is 0 Å². The molecule has 132 valence electrons. The number of rotatable bonds is 5. The molecular weight excluding hydrogens is 399 g/mol. The van der Waals surface area contributed by atoms with Gasteiger partial charge in [-0.1, -0.05) is 40.2 Å². The molecule has 0 unspecified atom stereocenters. The zero-order valence-corrected chi connectivity index (χ0v) is 14.8. The van der Waals surface area contributed by atoms with Gasteiger partial charge in [-0.05, 0) is 31.2 Å². The largest absolute Gasteiger partial charge is 0.416 e. The number of anilines is 1. The smallest absolute Gasteiger partial charge is 0.376 e. The Bertz CT molecular complexity index is 791. The Morgan fingerprint density at radius 2 is 1.88 bits per heavy atom. The van der Waals surface area contributed by atoms with Crippen LogP contribution in [0, 0.1) is 0 Å². The van der Waals surface area contributed by atoms with Gasteiger partial charge in [0.1, 0.15) is 0 Å². The van der Waals surface area contributed by atoms with E-state index in [1.807, 2.05) is 24.3 Å². The van der Waals surface area contributed by atoms with Gasteiger partial charge in [0.25, 0.3) is 5.91 Å². The lowest BCUT2D eigenvalue weighted by atomic mass is 10.1. The quantitative estimate of drug-likeness (QED) is 0.562. The predicted molar refractivity (Wildman–Crippen MR) is 94.4 cm³/mol. The number of nitrogens with one attached hydrogen (secondary N) is 2. The van der Waals surface area contributed by atoms with Gasteiger partial charge in [0.05, 0.1) is 17.8 Å². The summed E-state index contributed by atoms with van der Waals surface area (Å²) in [6.07, 6.45) is -4.43. The highest BCUT2D eigenvalue weighted by molar-refractivity contribution is 9.10. The Kier molecular flexibility index (Phi) is 6.19. The molecule has 0 bridgehead atoms. The second kappa shape index (κ2) is 8.15. The number of carbonyl (C=O) groups excluding carboxylic acids is 1. The standard InChI is InChI=1S/C17H15BrF3N3O/c1-11(14-7-2-3-8-15(14)18)23-24-16(25)10-22-13-6-4-5-12(9-13)17(19,20)21/h2-9,22H,10H2,1H3,(H,24,25)/b23-11+. The molecular formula is C17H15BrF3N3O. The summed E-state index contributed by atoms with van der Waals surface area (Å²) in [4.78, 5) is 11.8. The van der Waals surface area contributed by atoms with E-state index in [1.165, 1.54) is 12.1 Å². The topological polar surface area (TPSA) is 53.5 Å². The number of alkyl halides is 3. The number of halogens is 4. The Balaban J connectivity index is 1.93. The maximum Gasteiger partial charge on any atom is 0.416 e. The van der Waals surface area contributed by atoms with E-state index in [1.54, 1.807) is 6.92 Å². The molecule has 0 aromatic heterocycles. The Morgan fingerprint density at radius 3 is 2.56 bits per heavy atom. The first kappa shape index (κ1) is 19.0. The maximum atomic E-state index is 12.6. The van der Waals surface area contributed by atoms with E-state index in [2.05, 4.69) is 31.8 Å². The second-order valence-corrected chi connectivity index (χ2v) is 6.00. The first-order valence-electron chi connectivity index (χ1n) is 7.26. The van der Waals surface area contributed by atoms with Gasteiger partial charge in [0.15, 0.2) is 0 Å². The van der Waals surface area contributed by atoms with Crippen molar-refractivity contribution in [2.45, 2.75) is 13.1 Å². The van der Waals surface area contributed by atoms with Crippen LogP contribution in [-0.2, 0) is 11.0 Å². The van der Waals surface area contributed by atoms with Gasteiger partial charge in [0, 0.05) is 15.7 Å². The summed E-state index contributed by atoms with van der Waals surface area (Å²) >= 11 is 3.39. The molecule has 0 saturated carbocycles. The van der Waals surface area contributed by atoms with Crippen molar-refractivity contribution in [3.05, 3.63) is 64.1 Å². The highest BCUT2D eigenvalue weighted by Gasteiger charge is 2.30. The number of nitrogens with zero attached hydrogens (tertiary/aromatic N) is 1. The third-order valence-electron chi connectivity index (χ3n) is 3.25. The van der Waals surface area contributed by atoms with Gasteiger partial charge in [0.2, 0.25) is 0 Å². The number of benzene rings is 2. The van der Waals surface area contributed by atoms with Crippen LogP contribution in [0.3, 0.4) is 0 Å². The molecule has 2 N–H and O–H groups in total. The number of hydrogen-bond donors (Lipinski definition) is 2. The lowest BCUT2D eigenvalue weighted by molar-refractivity contribution is -0.137. The highest BCUT2D eigenvalue weighted by atomic mass is 79.9. The first-order chi connectivity index (χ1) is 11.8. The van der Waals surface area contributed by atoms with Crippen molar-refractivity contribution < 1.29 is 18.0 Å². The van der Waals surface area contributed by atoms with Gasteiger partial charge in [-0.3, -0.25) is 4.79 Å². The molecule has 0 atom stereocenters. The minimum absolute atomic E-state index is 0.200. The normalized spacial score (nSPS) is 12.0. The van der Waals surface area contributed by atoms with Crippen LogP contribution in [0.1, 0.15) is 18.1 Å². The highest BCUT2D eigenvalue weighted by Crippen LogP contribution is 2.30. The van der Waals surface area contributed by atoms with Crippen molar-refractivity contribution in [1.29, 1.82) is 0 Å². The monoisotopic (exact) mass is 413 g/mol. The Labute approximate surface area is 151 Å². The van der Waals surface area contributed by atoms with Crippen LogP contribution >= 0.6 is 15.9 Å². The summed E-state index contributed by atoms with van der Waals surface area (Å²) in [7, 11) is 0. The van der Waals surface area contributed by atoms with Crippen molar-refractivity contribution in [3.8, 4) is 0 Å². The van der Waals surface area contributed by atoms with E-state index in [0.717, 1.165) is 22.2 Å². The van der Waals surface area contributed by atoms with Crippen LogP contribution in [0.2, 0.25) is 0 Å². The van der Waals surface area contributed by atoms with Crippen molar-refractivity contribution in [2.24, 2.45) is 5.10 Å². The Hall–Kier alpha value is -2.35. The van der Waals surface area contributed by atoms with Crippen molar-refractivity contribution in [1.82, 2.24) is 5.43 Å². The lowest BCUT2D eigenvalue weighted by Gasteiger charge is -2.10. The molecule has 0 spiro atoms. The molecule has 0 aliphatic carbocycles. The van der Waals surface area contributed by atoms with E-state index >= 15 is 0 Å². The fourth-order valence-corrected chi connectivity index (χ4v) is 2.56. The molecule has 0 fully saturated rings. The van der Waals surface area contributed by atoms with Crippen LogP contribution in [-0.4, -0.2) is 18.2 Å². The zero-order valence-electron chi connectivity index (χ0n) is 13.2. The van der Waals surface area contributed by atoms with Gasteiger partial charge >= 0.3 is 6.18 Å². The summed E-state index contributed by atoms with van der Waals surface area (Å²) in [6.45, 7) is 1.54. The third kappa shape index (κ3) is 5.60. The summed E-state index contributed by atoms with van der Waals surface area (Å²) < 4.78 is 38.8. The molecule has 0 heterocycles. The average molecular weight is 414 g/mol. The van der Waals surface area contributed by atoms with Gasteiger partial charge < -0.3 is 5.32 Å². The number of carbonyl (C=O) groups is 1. The van der Waals surface area contributed by atoms with Crippen LogP contribution in [0.4, 0.5) is 18.9 Å². The van der Waals surface area contributed by atoms with Crippen molar-refractivity contribution in [3.63, 3.8) is 0 Å². The first-order valence-corrected chi connectivity index (χ1v) is 8.06. The fourth-order valence-electron chi connectivity index (χ4n) is 1.99. The Morgan fingerprint density at radius 1 is 1.16 bits per heavy atom. The van der Waals surface area contributed by atoms with E-state index in [-0.39, 0.29) is 12.2 Å². The molecule has 4 nitrogen and oxygen atoms in total. The molecule has 8 heteroatoms. The SMILES string of the molecule is C/C(=N\NC(=O)CNc1cccc(C(F)(F)F)c1)c1ccccc1Br. The van der Waals surface area contributed by atoms with E-state index in [0.29, 0.717) is 5.71 Å². The average Bonchev–Trinajstić information content (AvgIpc) is 2.58. The van der Waals surface area contributed by atoms with E-state index in [4.69, 9.17) is 0 Å². The van der Waals surface area contributed by atoms with Gasteiger partial charge in [-0.15, -0.1) is 0 Å². The molecule has 0 aliphatic heterocycles. The molecule has 0 saturated heterocycles. The molecule has 2 aromatic rings. The van der Waals surface area contributed by atoms with Crippen molar-refractivity contribution in [2.75, 3.05) is 11.9 Å². The third-order valence-corrected chi connectivity index (χ3v) is 3.95. The van der Waals surface area contributed by atoms with Crippen molar-refractivity contribution >= 4 is 33.2 Å².